The molecule has 0 heterocycles. The molecule has 0 aliphatic rings. The molecule has 0 rings (SSSR count). The first kappa shape index (κ1) is 31.5. The number of hydrogen-bond acceptors (Lipinski definition) is 12. The molecular formula is C18H38O13S. The van der Waals surface area contributed by atoms with Gasteiger partial charge in [0.2, 0.25) is 0 Å². The van der Waals surface area contributed by atoms with Gasteiger partial charge in [0.25, 0.3) is 0 Å². The molecule has 0 radical (unpaired) electrons. The minimum absolute atomic E-state index is 0.0151. The molecular weight excluding hydrogens is 456 g/mol. The fourth-order valence-electron chi connectivity index (χ4n) is 1.90. The largest absolute Gasteiger partial charge is 0.397 e. The maximum atomic E-state index is 10.3. The van der Waals surface area contributed by atoms with Gasteiger partial charge in [-0.2, -0.15) is 8.42 Å². The number of rotatable bonds is 27. The van der Waals surface area contributed by atoms with Crippen LogP contribution in [-0.4, -0.2) is 137 Å². The van der Waals surface area contributed by atoms with Crippen LogP contribution in [0.3, 0.4) is 0 Å². The van der Waals surface area contributed by atoms with Crippen LogP contribution in [0.2, 0.25) is 0 Å². The van der Waals surface area contributed by atoms with Gasteiger partial charge in [0, 0.05) is 0 Å². The summed E-state index contributed by atoms with van der Waals surface area (Å²) < 4.78 is 75.0. The van der Waals surface area contributed by atoms with Crippen molar-refractivity contribution in [3.05, 3.63) is 0 Å². The average molecular weight is 495 g/mol. The molecule has 0 aromatic heterocycles. The van der Waals surface area contributed by atoms with Crippen molar-refractivity contribution >= 4 is 10.4 Å². The van der Waals surface area contributed by atoms with Gasteiger partial charge < -0.3 is 43.0 Å². The zero-order chi connectivity index (χ0) is 23.6. The minimum Gasteiger partial charge on any atom is -0.394 e. The van der Waals surface area contributed by atoms with Gasteiger partial charge in [-0.15, -0.1) is 0 Å². The smallest absolute Gasteiger partial charge is 0.394 e. The Morgan fingerprint density at radius 1 is 0.406 bits per heavy atom. The van der Waals surface area contributed by atoms with Crippen LogP contribution >= 0.6 is 0 Å². The van der Waals surface area contributed by atoms with Crippen molar-refractivity contribution in [1.29, 1.82) is 0 Å². The Morgan fingerprint density at radius 3 is 0.844 bits per heavy atom. The minimum atomic E-state index is -4.41. The van der Waals surface area contributed by atoms with Crippen molar-refractivity contribution in [1.82, 2.24) is 0 Å². The van der Waals surface area contributed by atoms with E-state index in [0.717, 1.165) is 0 Å². The van der Waals surface area contributed by atoms with E-state index in [4.69, 9.17) is 47.6 Å². The predicted octanol–water partition coefficient (Wildman–Crippen LogP) is -1.07. The average Bonchev–Trinajstić information content (AvgIpc) is 2.75. The van der Waals surface area contributed by atoms with Crippen LogP contribution in [0, 0.1) is 0 Å². The van der Waals surface area contributed by atoms with E-state index in [9.17, 15) is 8.42 Å². The summed E-state index contributed by atoms with van der Waals surface area (Å²) in [6.45, 7) is 6.26. The molecule has 13 nitrogen and oxygen atoms in total. The second kappa shape index (κ2) is 25.1. The van der Waals surface area contributed by atoms with E-state index in [-0.39, 0.29) is 26.4 Å². The van der Waals surface area contributed by atoms with E-state index in [1.54, 1.807) is 0 Å². The van der Waals surface area contributed by atoms with Crippen LogP contribution in [0.25, 0.3) is 0 Å². The first-order valence-corrected chi connectivity index (χ1v) is 11.8. The van der Waals surface area contributed by atoms with Crippen molar-refractivity contribution in [2.24, 2.45) is 0 Å². The van der Waals surface area contributed by atoms with E-state index < -0.39 is 10.4 Å². The zero-order valence-electron chi connectivity index (χ0n) is 18.5. The van der Waals surface area contributed by atoms with E-state index in [2.05, 4.69) is 4.18 Å². The number of aliphatic hydroxyl groups excluding tert-OH is 1. The maximum absolute atomic E-state index is 10.3. The molecule has 0 aromatic rings. The maximum Gasteiger partial charge on any atom is 0.397 e. The fourth-order valence-corrected chi connectivity index (χ4v) is 2.18. The Labute approximate surface area is 190 Å². The summed E-state index contributed by atoms with van der Waals surface area (Å²) in [5.74, 6) is 0. The molecule has 32 heavy (non-hydrogen) atoms. The standard InChI is InChI=1S/C18H38O13S/c19-1-2-23-3-4-24-5-6-25-7-8-26-9-10-27-11-12-28-13-14-29-15-16-30-17-18-31-32(20,21)22/h19H,1-18H2,(H,20,21,22). The van der Waals surface area contributed by atoms with E-state index in [1.165, 1.54) is 0 Å². The van der Waals surface area contributed by atoms with Gasteiger partial charge in [-0.1, -0.05) is 0 Å². The molecule has 0 saturated carbocycles. The van der Waals surface area contributed by atoms with Crippen molar-refractivity contribution in [3.8, 4) is 0 Å². The van der Waals surface area contributed by atoms with Crippen molar-refractivity contribution in [2.75, 3.05) is 119 Å². The summed E-state index contributed by atoms with van der Waals surface area (Å²) in [6.07, 6.45) is 0. The molecule has 0 saturated heterocycles. The second-order valence-electron chi connectivity index (χ2n) is 5.87. The lowest BCUT2D eigenvalue weighted by Crippen LogP contribution is -2.15. The molecule has 14 heteroatoms. The lowest BCUT2D eigenvalue weighted by atomic mass is 10.6. The Hall–Kier alpha value is -0.490. The molecule has 194 valence electrons. The molecule has 0 aliphatic heterocycles. The normalized spacial score (nSPS) is 11.9. The van der Waals surface area contributed by atoms with Crippen molar-refractivity contribution < 1.29 is 60.2 Å². The third kappa shape index (κ3) is 29.5. The third-order valence-corrected chi connectivity index (χ3v) is 3.76. The first-order valence-electron chi connectivity index (χ1n) is 10.4. The summed E-state index contributed by atoms with van der Waals surface area (Å²) in [5, 5.41) is 8.53. The molecule has 2 N–H and O–H groups in total. The van der Waals surface area contributed by atoms with E-state index in [0.29, 0.717) is 92.5 Å². The molecule has 0 aromatic carbocycles. The van der Waals surface area contributed by atoms with Gasteiger partial charge in [-0.3, -0.25) is 4.55 Å². The molecule has 0 unspecified atom stereocenters. The summed E-state index contributed by atoms with van der Waals surface area (Å²) in [7, 11) is -4.41. The monoisotopic (exact) mass is 494 g/mol. The molecule has 0 bridgehead atoms. The molecule has 0 amide bonds. The van der Waals surface area contributed by atoms with Gasteiger partial charge in [-0.05, 0) is 0 Å². The Balaban J connectivity index is 3.04. The highest BCUT2D eigenvalue weighted by Crippen LogP contribution is 1.88. The van der Waals surface area contributed by atoms with Crippen LogP contribution in [0.5, 0.6) is 0 Å². The van der Waals surface area contributed by atoms with E-state index >= 15 is 0 Å². The highest BCUT2D eigenvalue weighted by atomic mass is 32.3. The molecule has 0 spiro atoms. The summed E-state index contributed by atoms with van der Waals surface area (Å²) in [4.78, 5) is 0. The SMILES string of the molecule is O=S(=O)(O)OCCOCCOCCOCCOCCOCCOCCOCCOCCO. The third-order valence-electron chi connectivity index (χ3n) is 3.30. The number of aliphatic hydroxyl groups is 1. The quantitative estimate of drug-likeness (QED) is 0.105. The zero-order valence-corrected chi connectivity index (χ0v) is 19.3. The predicted molar refractivity (Wildman–Crippen MR) is 111 cm³/mol. The molecule has 0 aliphatic carbocycles. The number of hydrogen-bond donors (Lipinski definition) is 2. The Morgan fingerprint density at radius 2 is 0.625 bits per heavy atom. The summed E-state index contributed by atoms with van der Waals surface area (Å²) in [5.41, 5.74) is 0. The lowest BCUT2D eigenvalue weighted by molar-refractivity contribution is -0.0243. The fraction of sp³-hybridized carbons (Fsp3) is 1.00. The van der Waals surface area contributed by atoms with Crippen molar-refractivity contribution in [3.63, 3.8) is 0 Å². The van der Waals surface area contributed by atoms with Gasteiger partial charge in [0.15, 0.2) is 0 Å². The van der Waals surface area contributed by atoms with Crippen molar-refractivity contribution in [2.45, 2.75) is 0 Å². The number of ether oxygens (including phenoxy) is 8. The first-order chi connectivity index (χ1) is 15.6. The van der Waals surface area contributed by atoms with Crippen LogP contribution in [0.15, 0.2) is 0 Å². The Kier molecular flexibility index (Phi) is 24.8. The molecule has 0 fully saturated rings. The van der Waals surface area contributed by atoms with E-state index in [1.807, 2.05) is 0 Å². The molecule has 0 atom stereocenters. The lowest BCUT2D eigenvalue weighted by Gasteiger charge is -2.08. The van der Waals surface area contributed by atoms with Gasteiger partial charge in [0.05, 0.1) is 119 Å². The van der Waals surface area contributed by atoms with Gasteiger partial charge >= 0.3 is 10.4 Å². The van der Waals surface area contributed by atoms with Crippen LogP contribution in [0.1, 0.15) is 0 Å². The van der Waals surface area contributed by atoms with Gasteiger partial charge in [-0.25, -0.2) is 4.18 Å². The highest BCUT2D eigenvalue weighted by Gasteiger charge is 2.02. The second-order valence-corrected chi connectivity index (χ2v) is 6.96. The topological polar surface area (TPSA) is 158 Å². The van der Waals surface area contributed by atoms with Crippen LogP contribution in [0.4, 0.5) is 0 Å². The van der Waals surface area contributed by atoms with Crippen LogP contribution in [-0.2, 0) is 52.5 Å². The summed E-state index contributed by atoms with van der Waals surface area (Å²) >= 11 is 0. The van der Waals surface area contributed by atoms with Crippen LogP contribution < -0.4 is 0 Å². The Bertz CT molecular complexity index is 464. The summed E-state index contributed by atoms with van der Waals surface area (Å²) in [6, 6.07) is 0. The highest BCUT2D eigenvalue weighted by molar-refractivity contribution is 7.80. The van der Waals surface area contributed by atoms with Gasteiger partial charge in [0.1, 0.15) is 0 Å².